The summed E-state index contributed by atoms with van der Waals surface area (Å²) in [6, 6.07) is 5.99. The molecule has 24 heavy (non-hydrogen) atoms. The fourth-order valence-electron chi connectivity index (χ4n) is 2.28. The molecule has 1 N–H and O–H groups in total. The molecule has 8 nitrogen and oxygen atoms in total. The van der Waals surface area contributed by atoms with Crippen molar-refractivity contribution < 1.29 is 14.3 Å². The molecule has 1 amide bonds. The van der Waals surface area contributed by atoms with Crippen LogP contribution in [-0.2, 0) is 20.9 Å². The lowest BCUT2D eigenvalue weighted by atomic mass is 9.99. The number of aromatic nitrogens is 3. The Kier molecular flexibility index (Phi) is 5.62. The van der Waals surface area contributed by atoms with Gasteiger partial charge in [0.2, 0.25) is 5.91 Å². The minimum absolute atomic E-state index is 0.0965. The topological polar surface area (TPSA) is 103 Å². The normalized spacial score (nSPS) is 13.3. The van der Waals surface area contributed by atoms with Gasteiger partial charge in [0.15, 0.2) is 0 Å². The molecular weight excluding hydrogens is 312 g/mol. The molecule has 2 atom stereocenters. The van der Waals surface area contributed by atoms with Crippen LogP contribution in [0.5, 0.6) is 0 Å². The molecule has 0 unspecified atom stereocenters. The van der Waals surface area contributed by atoms with Crippen LogP contribution >= 0.6 is 0 Å². The summed E-state index contributed by atoms with van der Waals surface area (Å²) in [4.78, 5) is 36.3. The monoisotopic (exact) mass is 332 g/mol. The largest absolute Gasteiger partial charge is 0.467 e. The van der Waals surface area contributed by atoms with Gasteiger partial charge >= 0.3 is 5.97 Å². The number of nitrogens with one attached hydrogen (secondary N) is 1. The quantitative estimate of drug-likeness (QED) is 0.773. The Morgan fingerprint density at radius 3 is 2.71 bits per heavy atom. The molecule has 2 rings (SSSR count). The summed E-state index contributed by atoms with van der Waals surface area (Å²) < 4.78 is 5.69. The highest BCUT2D eigenvalue weighted by molar-refractivity contribution is 5.84. The lowest BCUT2D eigenvalue weighted by Crippen LogP contribution is -2.47. The SMILES string of the molecule is CC[C@H](C)[C@@H](NC(=O)Cn1nnc2ccccc2c1=O)C(=O)OC. The molecule has 0 bridgehead atoms. The summed E-state index contributed by atoms with van der Waals surface area (Å²) in [5.74, 6) is -1.12. The van der Waals surface area contributed by atoms with Crippen molar-refractivity contribution in [1.29, 1.82) is 0 Å². The second kappa shape index (κ2) is 7.67. The van der Waals surface area contributed by atoms with Crippen molar-refractivity contribution in [3.63, 3.8) is 0 Å². The second-order valence-electron chi connectivity index (χ2n) is 5.52. The van der Waals surface area contributed by atoms with E-state index in [4.69, 9.17) is 4.74 Å². The Morgan fingerprint density at radius 2 is 2.04 bits per heavy atom. The van der Waals surface area contributed by atoms with E-state index in [0.29, 0.717) is 17.3 Å². The first kappa shape index (κ1) is 17.6. The van der Waals surface area contributed by atoms with Crippen molar-refractivity contribution in [2.75, 3.05) is 7.11 Å². The maximum atomic E-state index is 12.3. The molecular formula is C16H20N4O4. The summed E-state index contributed by atoms with van der Waals surface area (Å²) in [5, 5.41) is 10.7. The molecule has 1 aromatic heterocycles. The lowest BCUT2D eigenvalue weighted by Gasteiger charge is -2.21. The summed E-state index contributed by atoms with van der Waals surface area (Å²) in [6.45, 7) is 3.43. The lowest BCUT2D eigenvalue weighted by molar-refractivity contribution is -0.146. The molecule has 1 heterocycles. The van der Waals surface area contributed by atoms with E-state index < -0.39 is 23.5 Å². The van der Waals surface area contributed by atoms with E-state index >= 15 is 0 Å². The number of esters is 1. The van der Waals surface area contributed by atoms with E-state index in [0.717, 1.165) is 4.68 Å². The van der Waals surface area contributed by atoms with E-state index in [2.05, 4.69) is 15.6 Å². The number of hydrogen-bond donors (Lipinski definition) is 1. The van der Waals surface area contributed by atoms with Crippen LogP contribution in [0, 0.1) is 5.92 Å². The van der Waals surface area contributed by atoms with Gasteiger partial charge in [-0.05, 0) is 18.1 Å². The maximum absolute atomic E-state index is 12.3. The first-order chi connectivity index (χ1) is 11.5. The Balaban J connectivity index is 2.18. The number of rotatable bonds is 6. The number of amides is 1. The van der Waals surface area contributed by atoms with Gasteiger partial charge in [0.05, 0.1) is 12.5 Å². The van der Waals surface area contributed by atoms with Crippen molar-refractivity contribution in [3.8, 4) is 0 Å². The summed E-state index contributed by atoms with van der Waals surface area (Å²) >= 11 is 0. The van der Waals surface area contributed by atoms with Gasteiger partial charge < -0.3 is 10.1 Å². The molecule has 0 radical (unpaired) electrons. The molecule has 1 aromatic carbocycles. The molecule has 0 fully saturated rings. The van der Waals surface area contributed by atoms with E-state index in [1.165, 1.54) is 7.11 Å². The third kappa shape index (κ3) is 3.76. The third-order valence-corrected chi connectivity index (χ3v) is 3.91. The van der Waals surface area contributed by atoms with Gasteiger partial charge in [-0.1, -0.05) is 37.6 Å². The number of methoxy groups -OCH3 is 1. The van der Waals surface area contributed by atoms with Gasteiger partial charge in [-0.3, -0.25) is 9.59 Å². The van der Waals surface area contributed by atoms with Crippen LogP contribution in [0.3, 0.4) is 0 Å². The van der Waals surface area contributed by atoms with Crippen LogP contribution in [0.4, 0.5) is 0 Å². The predicted octanol–water partition coefficient (Wildman–Crippen LogP) is 0.495. The molecule has 128 valence electrons. The van der Waals surface area contributed by atoms with Gasteiger partial charge in [-0.15, -0.1) is 5.10 Å². The molecule has 0 aliphatic rings. The fraction of sp³-hybridized carbons (Fsp3) is 0.438. The average Bonchev–Trinajstić information content (AvgIpc) is 2.61. The Morgan fingerprint density at radius 1 is 1.33 bits per heavy atom. The van der Waals surface area contributed by atoms with E-state index in [-0.39, 0.29) is 12.5 Å². The van der Waals surface area contributed by atoms with Crippen molar-refractivity contribution in [3.05, 3.63) is 34.6 Å². The zero-order valence-corrected chi connectivity index (χ0v) is 13.9. The van der Waals surface area contributed by atoms with Gasteiger partial charge in [0, 0.05) is 0 Å². The minimum Gasteiger partial charge on any atom is -0.467 e. The van der Waals surface area contributed by atoms with E-state index in [1.54, 1.807) is 24.3 Å². The summed E-state index contributed by atoms with van der Waals surface area (Å²) in [7, 11) is 1.27. The van der Waals surface area contributed by atoms with Crippen molar-refractivity contribution in [2.24, 2.45) is 5.92 Å². The van der Waals surface area contributed by atoms with Crippen molar-refractivity contribution >= 4 is 22.8 Å². The van der Waals surface area contributed by atoms with Gasteiger partial charge in [0.25, 0.3) is 5.56 Å². The van der Waals surface area contributed by atoms with Crippen LogP contribution in [0.1, 0.15) is 20.3 Å². The van der Waals surface area contributed by atoms with Crippen molar-refractivity contribution in [2.45, 2.75) is 32.9 Å². The van der Waals surface area contributed by atoms with Crippen LogP contribution in [0.15, 0.2) is 29.1 Å². The maximum Gasteiger partial charge on any atom is 0.328 e. The highest BCUT2D eigenvalue weighted by Gasteiger charge is 2.26. The fourth-order valence-corrected chi connectivity index (χ4v) is 2.28. The summed E-state index contributed by atoms with van der Waals surface area (Å²) in [5.41, 5.74) is 0.0557. The standard InChI is InChI=1S/C16H20N4O4/c1-4-10(2)14(16(23)24-3)17-13(21)9-20-15(22)11-7-5-6-8-12(11)18-19-20/h5-8,10,14H,4,9H2,1-3H3,(H,17,21)/t10-,14+/m0/s1. The zero-order valence-electron chi connectivity index (χ0n) is 13.9. The average molecular weight is 332 g/mol. The van der Waals surface area contributed by atoms with Crippen LogP contribution in [0.2, 0.25) is 0 Å². The molecule has 8 heteroatoms. The number of nitrogens with zero attached hydrogens (tertiary/aromatic N) is 3. The van der Waals surface area contributed by atoms with E-state index in [9.17, 15) is 14.4 Å². The number of fused-ring (bicyclic) bond motifs is 1. The predicted molar refractivity (Wildman–Crippen MR) is 87.2 cm³/mol. The molecule has 0 saturated heterocycles. The summed E-state index contributed by atoms with van der Waals surface area (Å²) in [6.07, 6.45) is 0.690. The highest BCUT2D eigenvalue weighted by atomic mass is 16.5. The van der Waals surface area contributed by atoms with Crippen LogP contribution < -0.4 is 10.9 Å². The Bertz CT molecular complexity index is 802. The molecule has 0 aliphatic heterocycles. The first-order valence-corrected chi connectivity index (χ1v) is 7.67. The highest BCUT2D eigenvalue weighted by Crippen LogP contribution is 2.09. The zero-order chi connectivity index (χ0) is 17.7. The van der Waals surface area contributed by atoms with Gasteiger partial charge in [-0.25, -0.2) is 9.48 Å². The molecule has 0 spiro atoms. The van der Waals surface area contributed by atoms with Crippen LogP contribution in [-0.4, -0.2) is 40.0 Å². The molecule has 0 saturated carbocycles. The Hall–Kier alpha value is -2.77. The number of benzene rings is 1. The smallest absolute Gasteiger partial charge is 0.328 e. The molecule has 0 aliphatic carbocycles. The number of hydrogen-bond acceptors (Lipinski definition) is 6. The molecule has 2 aromatic rings. The first-order valence-electron chi connectivity index (χ1n) is 7.67. The number of carbonyl (C=O) groups excluding carboxylic acids is 2. The van der Waals surface area contributed by atoms with Crippen LogP contribution in [0.25, 0.3) is 10.9 Å². The van der Waals surface area contributed by atoms with Crippen molar-refractivity contribution in [1.82, 2.24) is 20.3 Å². The van der Waals surface area contributed by atoms with Gasteiger partial charge in [0.1, 0.15) is 18.1 Å². The number of carbonyl (C=O) groups is 2. The van der Waals surface area contributed by atoms with Gasteiger partial charge in [-0.2, -0.15) is 0 Å². The minimum atomic E-state index is -0.767. The Labute approximate surface area is 138 Å². The second-order valence-corrected chi connectivity index (χ2v) is 5.52. The third-order valence-electron chi connectivity index (χ3n) is 3.91. The van der Waals surface area contributed by atoms with E-state index in [1.807, 2.05) is 13.8 Å². The number of ether oxygens (including phenoxy) is 1.